The molecule has 0 saturated carbocycles. The second kappa shape index (κ2) is 83.4. The zero-order valence-corrected chi connectivity index (χ0v) is 27.3. The molecule has 0 unspecified atom stereocenters. The highest BCUT2D eigenvalue weighted by Gasteiger charge is 1.59. The Kier molecular flexibility index (Phi) is 119. The maximum atomic E-state index is 2.12. The predicted molar refractivity (Wildman–Crippen MR) is 197 cm³/mol. The van der Waals surface area contributed by atoms with Crippen molar-refractivity contribution in [2.75, 3.05) is 0 Å². The van der Waals surface area contributed by atoms with Crippen molar-refractivity contribution in [3.05, 3.63) is 146 Å². The molecule has 0 radical (unpaired) electrons. The van der Waals surface area contributed by atoms with Crippen molar-refractivity contribution in [2.24, 2.45) is 0 Å². The molecule has 232 valence electrons. The first-order valence-electron chi connectivity index (χ1n) is 14.8. The van der Waals surface area contributed by atoms with Gasteiger partial charge in [0.05, 0.1) is 0 Å². The minimum absolute atomic E-state index is 0. The van der Waals surface area contributed by atoms with Crippen molar-refractivity contribution >= 4 is 0 Å². The summed E-state index contributed by atoms with van der Waals surface area (Å²) in [6.07, 6.45) is 2.50. The van der Waals surface area contributed by atoms with Crippen LogP contribution in [0.25, 0.3) is 0 Å². The second-order valence-electron chi connectivity index (χ2n) is 6.03. The fraction of sp³-hybridized carbons (Fsp3) is 0.400. The molecular weight excluding hydrogens is 480 g/mol. The number of benzene rings is 4. The summed E-state index contributed by atoms with van der Waals surface area (Å²) in [7, 11) is 0. The van der Waals surface area contributed by atoms with Gasteiger partial charge in [0.15, 0.2) is 0 Å². The Balaban J connectivity index is -0.0000000490. The van der Waals surface area contributed by atoms with Crippen molar-refractivity contribution in [2.45, 2.75) is 111 Å². The van der Waals surface area contributed by atoms with Crippen LogP contribution in [0.1, 0.15) is 111 Å². The van der Waals surface area contributed by atoms with E-state index in [1.807, 2.05) is 201 Å². The van der Waals surface area contributed by atoms with Crippen molar-refractivity contribution < 1.29 is 0 Å². The molecular formula is C40H72. The first kappa shape index (κ1) is 56.9. The third-order valence-corrected chi connectivity index (χ3v) is 2.67. The van der Waals surface area contributed by atoms with Gasteiger partial charge in [0.2, 0.25) is 0 Å². The first-order valence-corrected chi connectivity index (χ1v) is 14.8. The molecule has 0 aliphatic rings. The highest BCUT2D eigenvalue weighted by molar-refractivity contribution is 5.00. The van der Waals surface area contributed by atoms with E-state index in [4.69, 9.17) is 0 Å². The summed E-state index contributed by atoms with van der Waals surface area (Å²) in [5, 5.41) is 0. The fourth-order valence-electron chi connectivity index (χ4n) is 1.54. The molecule has 0 aromatic heterocycles. The Labute approximate surface area is 256 Å². The first-order chi connectivity index (χ1) is 18.8. The largest absolute Gasteiger partial charge is 0.0776 e. The lowest BCUT2D eigenvalue weighted by molar-refractivity contribution is 1.09. The van der Waals surface area contributed by atoms with Gasteiger partial charge >= 0.3 is 0 Å². The van der Waals surface area contributed by atoms with Gasteiger partial charge in [-0.15, -0.1) is 0 Å². The lowest BCUT2D eigenvalue weighted by atomic mass is 10.4. The van der Waals surface area contributed by atoms with Gasteiger partial charge in [-0.3, -0.25) is 0 Å². The molecule has 0 aliphatic carbocycles. The van der Waals surface area contributed by atoms with Crippen LogP contribution in [0, 0.1) is 0 Å². The molecule has 4 aromatic rings. The van der Waals surface area contributed by atoms with Crippen molar-refractivity contribution in [1.82, 2.24) is 0 Å². The molecule has 0 heterocycles. The van der Waals surface area contributed by atoms with E-state index in [1.165, 1.54) is 12.8 Å². The molecule has 0 fully saturated rings. The molecule has 4 aromatic carbocycles. The lowest BCUT2D eigenvalue weighted by Crippen LogP contribution is -1.47. The summed E-state index contributed by atoms with van der Waals surface area (Å²) in [5.74, 6) is 0. The van der Waals surface area contributed by atoms with Gasteiger partial charge in [-0.1, -0.05) is 256 Å². The quantitative estimate of drug-likeness (QED) is 0.203. The average molecular weight is 553 g/mol. The normalized spacial score (nSPS) is 6.30. The third kappa shape index (κ3) is 91.8. The van der Waals surface area contributed by atoms with Crippen molar-refractivity contribution in [3.63, 3.8) is 0 Å². The summed E-state index contributed by atoms with van der Waals surface area (Å²) in [4.78, 5) is 0. The maximum Gasteiger partial charge on any atom is -0.0590 e. The summed E-state index contributed by atoms with van der Waals surface area (Å²) in [6.45, 7) is 24.5. The molecule has 0 nitrogen and oxygen atoms in total. The van der Waals surface area contributed by atoms with Crippen molar-refractivity contribution in [1.29, 1.82) is 0 Å². The van der Waals surface area contributed by atoms with Crippen LogP contribution in [-0.2, 0) is 0 Å². The zero-order valence-electron chi connectivity index (χ0n) is 27.3. The number of rotatable bonds is 0. The maximum absolute atomic E-state index is 2.12. The molecule has 0 heteroatoms. The van der Waals surface area contributed by atoms with Crippen LogP contribution in [0.2, 0.25) is 0 Å². The molecule has 0 bridgehead atoms. The lowest BCUT2D eigenvalue weighted by Gasteiger charge is -1.69. The summed E-state index contributed by atoms with van der Waals surface area (Å²) >= 11 is 0. The van der Waals surface area contributed by atoms with E-state index in [0.29, 0.717) is 0 Å². The Morgan fingerprint density at radius 1 is 0.200 bits per heavy atom. The minimum Gasteiger partial charge on any atom is -0.0776 e. The van der Waals surface area contributed by atoms with E-state index in [-0.39, 0.29) is 14.9 Å². The van der Waals surface area contributed by atoms with Crippen LogP contribution in [-0.4, -0.2) is 0 Å². The van der Waals surface area contributed by atoms with E-state index in [1.54, 1.807) is 0 Å². The Morgan fingerprint density at radius 2 is 0.225 bits per heavy atom. The SMILES string of the molecule is C.C.CC.CC.CC.CC.CCC.CCC.c1ccccc1.c1ccccc1.c1ccccc1.c1ccccc1. The number of hydrogen-bond acceptors (Lipinski definition) is 0. The fourth-order valence-corrected chi connectivity index (χ4v) is 1.54. The predicted octanol–water partition coefficient (Wildman–Crippen LogP) is 15.0. The van der Waals surface area contributed by atoms with Gasteiger partial charge in [-0.25, -0.2) is 0 Å². The van der Waals surface area contributed by atoms with Crippen LogP contribution in [0.15, 0.2) is 146 Å². The summed E-state index contributed by atoms with van der Waals surface area (Å²) in [5.41, 5.74) is 0. The highest BCUT2D eigenvalue weighted by Crippen LogP contribution is 1.81. The van der Waals surface area contributed by atoms with Gasteiger partial charge in [0.1, 0.15) is 0 Å². The monoisotopic (exact) mass is 553 g/mol. The van der Waals surface area contributed by atoms with Gasteiger partial charge < -0.3 is 0 Å². The second-order valence-corrected chi connectivity index (χ2v) is 6.03. The van der Waals surface area contributed by atoms with E-state index in [9.17, 15) is 0 Å². The van der Waals surface area contributed by atoms with E-state index in [0.717, 1.165) is 0 Å². The standard InChI is InChI=1S/4C6H6.2C3H8.4C2H6.2CH4/c4*1-2-4-6-5-3-1;2*1-3-2;4*1-2;;/h4*1-6H;2*3H2,1-2H3;4*1-2H3;2*1H4. The molecule has 0 aliphatic heterocycles. The van der Waals surface area contributed by atoms with Gasteiger partial charge in [0, 0.05) is 0 Å². The van der Waals surface area contributed by atoms with E-state index in [2.05, 4.69) is 27.7 Å². The molecule has 0 saturated heterocycles. The van der Waals surface area contributed by atoms with E-state index >= 15 is 0 Å². The van der Waals surface area contributed by atoms with Gasteiger partial charge in [-0.2, -0.15) is 0 Å². The molecule has 0 spiro atoms. The van der Waals surface area contributed by atoms with Gasteiger partial charge in [-0.05, 0) is 0 Å². The smallest absolute Gasteiger partial charge is 0.0590 e. The average Bonchev–Trinajstić information content (AvgIpc) is 3.06. The van der Waals surface area contributed by atoms with Crippen LogP contribution in [0.3, 0.4) is 0 Å². The summed E-state index contributed by atoms with van der Waals surface area (Å²) < 4.78 is 0. The molecule has 0 amide bonds. The van der Waals surface area contributed by atoms with Crippen LogP contribution < -0.4 is 0 Å². The Morgan fingerprint density at radius 3 is 0.250 bits per heavy atom. The highest BCUT2D eigenvalue weighted by atomic mass is 13.7. The summed E-state index contributed by atoms with van der Waals surface area (Å²) in [6, 6.07) is 48.0. The third-order valence-electron chi connectivity index (χ3n) is 2.67. The molecule has 0 atom stereocenters. The number of hydrogen-bond donors (Lipinski definition) is 0. The molecule has 40 heavy (non-hydrogen) atoms. The zero-order chi connectivity index (χ0) is 30.4. The van der Waals surface area contributed by atoms with Crippen LogP contribution in [0.4, 0.5) is 0 Å². The van der Waals surface area contributed by atoms with E-state index < -0.39 is 0 Å². The van der Waals surface area contributed by atoms with Gasteiger partial charge in [0.25, 0.3) is 0 Å². The Bertz CT molecular complexity index is 442. The molecule has 0 N–H and O–H groups in total. The van der Waals surface area contributed by atoms with Crippen molar-refractivity contribution in [3.8, 4) is 0 Å². The van der Waals surface area contributed by atoms with Crippen LogP contribution in [0.5, 0.6) is 0 Å². The Hall–Kier alpha value is -3.12. The topological polar surface area (TPSA) is 0 Å². The minimum atomic E-state index is 0. The molecule has 4 rings (SSSR count). The van der Waals surface area contributed by atoms with Crippen LogP contribution >= 0.6 is 0 Å².